The van der Waals surface area contributed by atoms with Crippen LogP contribution in [-0.4, -0.2) is 24.0 Å². The normalized spacial score (nSPS) is 34.1. The lowest BCUT2D eigenvalue weighted by atomic mass is 10.2. The van der Waals surface area contributed by atoms with Crippen molar-refractivity contribution in [3.8, 4) is 0 Å². The monoisotopic (exact) mass is 206 g/mol. The van der Waals surface area contributed by atoms with Crippen LogP contribution in [0, 0.1) is 17.7 Å². The minimum Gasteiger partial charge on any atom is -0.327 e. The van der Waals surface area contributed by atoms with Crippen molar-refractivity contribution in [1.29, 1.82) is 0 Å². The van der Waals surface area contributed by atoms with E-state index in [-0.39, 0.29) is 5.82 Å². The molecule has 0 radical (unpaired) electrons. The Morgan fingerprint density at radius 2 is 1.93 bits per heavy atom. The summed E-state index contributed by atoms with van der Waals surface area (Å²) in [4.78, 5) is 2.30. The smallest absolute Gasteiger partial charge is 0.127 e. The van der Waals surface area contributed by atoms with Crippen LogP contribution >= 0.6 is 0 Å². The van der Waals surface area contributed by atoms with E-state index in [0.29, 0.717) is 17.9 Å². The van der Waals surface area contributed by atoms with E-state index in [0.717, 1.165) is 25.2 Å². The first kappa shape index (κ1) is 9.31. The van der Waals surface area contributed by atoms with Gasteiger partial charge in [-0.05, 0) is 17.9 Å². The van der Waals surface area contributed by atoms with Crippen LogP contribution in [0.2, 0.25) is 0 Å². The van der Waals surface area contributed by atoms with E-state index in [4.69, 9.17) is 5.73 Å². The summed E-state index contributed by atoms with van der Waals surface area (Å²) in [6.07, 6.45) is 0. The maximum atomic E-state index is 13.4. The van der Waals surface area contributed by atoms with Crippen molar-refractivity contribution in [2.45, 2.75) is 12.6 Å². The maximum Gasteiger partial charge on any atom is 0.127 e. The van der Waals surface area contributed by atoms with Crippen molar-refractivity contribution >= 4 is 0 Å². The van der Waals surface area contributed by atoms with Gasteiger partial charge in [0, 0.05) is 31.2 Å². The number of piperidine rings is 1. The molecule has 1 saturated heterocycles. The van der Waals surface area contributed by atoms with E-state index >= 15 is 0 Å². The van der Waals surface area contributed by atoms with Gasteiger partial charge in [0.15, 0.2) is 0 Å². The lowest BCUT2D eigenvalue weighted by Gasteiger charge is -2.18. The molecular weight excluding hydrogens is 191 g/mol. The Bertz CT molecular complexity index is 368. The molecule has 1 aliphatic carbocycles. The minimum absolute atomic E-state index is 0.0950. The molecule has 80 valence electrons. The second-order valence-corrected chi connectivity index (χ2v) is 4.69. The summed E-state index contributed by atoms with van der Waals surface area (Å²) < 4.78 is 13.4. The number of fused-ring (bicyclic) bond motifs is 1. The zero-order valence-electron chi connectivity index (χ0n) is 8.57. The highest BCUT2D eigenvalue weighted by atomic mass is 19.1. The second kappa shape index (κ2) is 3.29. The quantitative estimate of drug-likeness (QED) is 0.788. The highest BCUT2D eigenvalue weighted by Crippen LogP contribution is 2.44. The molecule has 15 heavy (non-hydrogen) atoms. The Balaban J connectivity index is 1.65. The summed E-state index contributed by atoms with van der Waals surface area (Å²) in [6, 6.07) is 7.43. The fourth-order valence-corrected chi connectivity index (χ4v) is 2.66. The van der Waals surface area contributed by atoms with Crippen LogP contribution in [0.5, 0.6) is 0 Å². The largest absolute Gasteiger partial charge is 0.327 e. The second-order valence-electron chi connectivity index (χ2n) is 4.69. The lowest BCUT2D eigenvalue weighted by Crippen LogP contribution is -2.28. The third kappa shape index (κ3) is 1.56. The Hall–Kier alpha value is -0.930. The van der Waals surface area contributed by atoms with Gasteiger partial charge in [0.2, 0.25) is 0 Å². The van der Waals surface area contributed by atoms with Crippen LogP contribution in [0.1, 0.15) is 5.56 Å². The van der Waals surface area contributed by atoms with Gasteiger partial charge in [-0.1, -0.05) is 18.2 Å². The summed E-state index contributed by atoms with van der Waals surface area (Å²) in [5.74, 6) is 1.26. The fraction of sp³-hybridized carbons (Fsp3) is 0.500. The molecule has 3 heteroatoms. The number of hydrogen-bond donors (Lipinski definition) is 1. The molecular formula is C12H15FN2. The van der Waals surface area contributed by atoms with Gasteiger partial charge in [-0.25, -0.2) is 4.39 Å². The standard InChI is InChI=1S/C12H15FN2/c13-11-4-2-1-3-8(11)5-15-6-9-10(7-15)12(9)14/h1-4,9-10,12H,5-7,14H2. The molecule has 1 saturated carbocycles. The molecule has 2 aliphatic rings. The Morgan fingerprint density at radius 1 is 1.27 bits per heavy atom. The summed E-state index contributed by atoms with van der Waals surface area (Å²) in [7, 11) is 0. The topological polar surface area (TPSA) is 29.3 Å². The van der Waals surface area contributed by atoms with E-state index in [1.54, 1.807) is 6.07 Å². The zero-order valence-corrected chi connectivity index (χ0v) is 8.57. The average Bonchev–Trinajstić information content (AvgIpc) is 2.67. The number of halogens is 1. The molecule has 0 bridgehead atoms. The number of rotatable bonds is 2. The zero-order chi connectivity index (χ0) is 10.4. The van der Waals surface area contributed by atoms with E-state index in [1.807, 2.05) is 12.1 Å². The van der Waals surface area contributed by atoms with E-state index < -0.39 is 0 Å². The first-order valence-electron chi connectivity index (χ1n) is 5.47. The molecule has 0 spiro atoms. The highest BCUT2D eigenvalue weighted by Gasteiger charge is 2.53. The Labute approximate surface area is 88.9 Å². The van der Waals surface area contributed by atoms with Gasteiger partial charge in [0.05, 0.1) is 0 Å². The lowest BCUT2D eigenvalue weighted by molar-refractivity contribution is 0.286. The molecule has 0 amide bonds. The molecule has 1 aliphatic heterocycles. The van der Waals surface area contributed by atoms with Gasteiger partial charge >= 0.3 is 0 Å². The first-order chi connectivity index (χ1) is 7.25. The molecule has 2 fully saturated rings. The third-order valence-corrected chi connectivity index (χ3v) is 3.69. The van der Waals surface area contributed by atoms with Gasteiger partial charge in [-0.2, -0.15) is 0 Å². The molecule has 0 aromatic heterocycles. The van der Waals surface area contributed by atoms with Crippen LogP contribution in [0.3, 0.4) is 0 Å². The highest BCUT2D eigenvalue weighted by molar-refractivity contribution is 5.18. The van der Waals surface area contributed by atoms with Crippen molar-refractivity contribution in [1.82, 2.24) is 4.90 Å². The number of likely N-dealkylation sites (tertiary alicyclic amines) is 1. The van der Waals surface area contributed by atoms with Crippen molar-refractivity contribution in [3.05, 3.63) is 35.6 Å². The first-order valence-corrected chi connectivity index (χ1v) is 5.47. The molecule has 2 nitrogen and oxygen atoms in total. The molecule has 1 heterocycles. The summed E-state index contributed by atoms with van der Waals surface area (Å²) in [6.45, 7) is 2.81. The summed E-state index contributed by atoms with van der Waals surface area (Å²) in [5, 5.41) is 0. The summed E-state index contributed by atoms with van der Waals surface area (Å²) >= 11 is 0. The average molecular weight is 206 g/mol. The van der Waals surface area contributed by atoms with Crippen LogP contribution in [-0.2, 0) is 6.54 Å². The fourth-order valence-electron chi connectivity index (χ4n) is 2.66. The van der Waals surface area contributed by atoms with Crippen LogP contribution in [0.25, 0.3) is 0 Å². The molecule has 2 N–H and O–H groups in total. The maximum absolute atomic E-state index is 13.4. The molecule has 3 rings (SSSR count). The van der Waals surface area contributed by atoms with Gasteiger partial charge in [-0.3, -0.25) is 4.90 Å². The number of benzene rings is 1. The van der Waals surface area contributed by atoms with Gasteiger partial charge < -0.3 is 5.73 Å². The van der Waals surface area contributed by atoms with Crippen molar-refractivity contribution in [2.24, 2.45) is 17.6 Å². The van der Waals surface area contributed by atoms with Gasteiger partial charge in [0.25, 0.3) is 0 Å². The van der Waals surface area contributed by atoms with Crippen molar-refractivity contribution in [3.63, 3.8) is 0 Å². The van der Waals surface area contributed by atoms with Gasteiger partial charge in [0.1, 0.15) is 5.82 Å². The molecule has 2 unspecified atom stereocenters. The molecule has 1 aromatic rings. The number of hydrogen-bond acceptors (Lipinski definition) is 2. The van der Waals surface area contributed by atoms with Crippen LogP contribution in [0.4, 0.5) is 4.39 Å². The molecule has 2 atom stereocenters. The van der Waals surface area contributed by atoms with E-state index in [9.17, 15) is 4.39 Å². The third-order valence-electron chi connectivity index (χ3n) is 3.69. The van der Waals surface area contributed by atoms with Gasteiger partial charge in [-0.15, -0.1) is 0 Å². The molecule has 1 aromatic carbocycles. The predicted octanol–water partition coefficient (Wildman–Crippen LogP) is 1.21. The Kier molecular flexibility index (Phi) is 2.04. The SMILES string of the molecule is NC1C2CN(Cc3ccccc3F)CC12. The Morgan fingerprint density at radius 3 is 2.60 bits per heavy atom. The number of nitrogens with zero attached hydrogens (tertiary/aromatic N) is 1. The predicted molar refractivity (Wildman–Crippen MR) is 56.6 cm³/mol. The number of nitrogens with two attached hydrogens (primary N) is 1. The van der Waals surface area contributed by atoms with E-state index in [2.05, 4.69) is 4.90 Å². The van der Waals surface area contributed by atoms with Crippen molar-refractivity contribution < 1.29 is 4.39 Å². The minimum atomic E-state index is -0.0950. The van der Waals surface area contributed by atoms with Crippen LogP contribution < -0.4 is 5.73 Å². The van der Waals surface area contributed by atoms with Crippen molar-refractivity contribution in [2.75, 3.05) is 13.1 Å². The summed E-state index contributed by atoms with van der Waals surface area (Å²) in [5.41, 5.74) is 6.66. The van der Waals surface area contributed by atoms with Crippen LogP contribution in [0.15, 0.2) is 24.3 Å². The van der Waals surface area contributed by atoms with E-state index in [1.165, 1.54) is 6.07 Å².